The van der Waals surface area contributed by atoms with E-state index in [1.165, 1.54) is 0 Å². The second-order valence-electron chi connectivity index (χ2n) is 3.64. The van der Waals surface area contributed by atoms with E-state index in [1.54, 1.807) is 18.2 Å². The van der Waals surface area contributed by atoms with Crippen molar-refractivity contribution in [2.45, 2.75) is 6.42 Å². The summed E-state index contributed by atoms with van der Waals surface area (Å²) >= 11 is 0. The lowest BCUT2D eigenvalue weighted by molar-refractivity contribution is -0.113. The van der Waals surface area contributed by atoms with Crippen molar-refractivity contribution < 1.29 is 9.58 Å². The summed E-state index contributed by atoms with van der Waals surface area (Å²) in [5, 5.41) is 2.78. The quantitative estimate of drug-likeness (QED) is 0.608. The van der Waals surface area contributed by atoms with Crippen molar-refractivity contribution in [2.75, 3.05) is 5.32 Å². The third kappa shape index (κ3) is 2.77. The first-order chi connectivity index (χ1) is 8.29. The molecule has 0 saturated carbocycles. The molecule has 1 aliphatic rings. The number of para-hydroxylation sites is 1. The van der Waals surface area contributed by atoms with Crippen LogP contribution in [0.4, 0.5) is 5.69 Å². The first kappa shape index (κ1) is 11.0. The number of nitrogens with one attached hydrogen (secondary N) is 1. The Kier molecular flexibility index (Phi) is 3.28. The topological polar surface area (TPSA) is 65.5 Å². The summed E-state index contributed by atoms with van der Waals surface area (Å²) in [5.74, 6) is -0.179. The molecule has 0 spiro atoms. The van der Waals surface area contributed by atoms with Crippen LogP contribution in [0, 0.1) is 0 Å². The van der Waals surface area contributed by atoms with E-state index in [2.05, 4.69) is 10.1 Å². The smallest absolute Gasteiger partial charge is 0.296 e. The summed E-state index contributed by atoms with van der Waals surface area (Å²) in [7, 11) is 0. The summed E-state index contributed by atoms with van der Waals surface area (Å²) < 4.78 is 0. The molecule has 0 aliphatic heterocycles. The van der Waals surface area contributed by atoms with Crippen molar-refractivity contribution >= 4 is 17.3 Å². The Morgan fingerprint density at radius 3 is 2.76 bits per heavy atom. The van der Waals surface area contributed by atoms with Crippen molar-refractivity contribution in [3.05, 3.63) is 59.7 Å². The fraction of sp³-hybridized carbons (Fsp3) is 0.0769. The molecular formula is C13H11N3O. The van der Waals surface area contributed by atoms with Gasteiger partial charge >= 0.3 is 0 Å². The van der Waals surface area contributed by atoms with Crippen LogP contribution in [0.1, 0.15) is 6.42 Å². The van der Waals surface area contributed by atoms with E-state index < -0.39 is 0 Å². The minimum atomic E-state index is -0.179. The summed E-state index contributed by atoms with van der Waals surface area (Å²) in [5.41, 5.74) is 10.5. The number of anilines is 1. The number of allylic oxidation sites excluding steroid dienone is 3. The molecule has 2 rings (SSSR count). The molecule has 0 unspecified atom stereocenters. The summed E-state index contributed by atoms with van der Waals surface area (Å²) in [6, 6.07) is 9.22. The molecule has 1 aromatic carbocycles. The van der Waals surface area contributed by atoms with Crippen LogP contribution in [0.25, 0.3) is 5.53 Å². The highest BCUT2D eigenvalue weighted by Gasteiger charge is 2.17. The van der Waals surface area contributed by atoms with Crippen molar-refractivity contribution in [1.82, 2.24) is 0 Å². The lowest BCUT2D eigenvalue weighted by atomic mass is 10.0. The second kappa shape index (κ2) is 5.05. The van der Waals surface area contributed by atoms with Gasteiger partial charge in [-0.25, -0.2) is 0 Å². The van der Waals surface area contributed by atoms with E-state index in [4.69, 9.17) is 5.53 Å². The van der Waals surface area contributed by atoms with Crippen molar-refractivity contribution in [3.8, 4) is 0 Å². The molecule has 0 saturated heterocycles. The van der Waals surface area contributed by atoms with Crippen LogP contribution >= 0.6 is 0 Å². The van der Waals surface area contributed by atoms with E-state index >= 15 is 0 Å². The molecule has 1 aromatic rings. The highest BCUT2D eigenvalue weighted by atomic mass is 16.1. The van der Waals surface area contributed by atoms with Crippen LogP contribution in [-0.4, -0.2) is 16.4 Å². The summed E-state index contributed by atoms with van der Waals surface area (Å²) in [4.78, 5) is 15.0. The fourth-order valence-corrected chi connectivity index (χ4v) is 1.55. The molecule has 0 heterocycles. The number of rotatable bonds is 2. The molecule has 84 valence electrons. The number of hydrogen-bond acceptors (Lipinski definition) is 1. The molecule has 1 aliphatic carbocycles. The first-order valence-corrected chi connectivity index (χ1v) is 5.24. The maximum atomic E-state index is 11.9. The Hall–Kier alpha value is -2.45. The summed E-state index contributed by atoms with van der Waals surface area (Å²) in [6.07, 6.45) is 5.41. The van der Waals surface area contributed by atoms with E-state index in [9.17, 15) is 4.79 Å². The van der Waals surface area contributed by atoms with Crippen LogP contribution < -0.4 is 5.32 Å². The van der Waals surface area contributed by atoms with E-state index in [-0.39, 0.29) is 5.91 Å². The number of hydrogen-bond donors (Lipinski definition) is 1. The molecular weight excluding hydrogens is 214 g/mol. The van der Waals surface area contributed by atoms with Gasteiger partial charge in [-0.15, -0.1) is 0 Å². The van der Waals surface area contributed by atoms with Crippen LogP contribution in [0.15, 0.2) is 54.1 Å². The van der Waals surface area contributed by atoms with E-state index in [0.29, 0.717) is 17.7 Å². The molecule has 4 heteroatoms. The van der Waals surface area contributed by atoms with Crippen LogP contribution in [0.2, 0.25) is 0 Å². The van der Waals surface area contributed by atoms with Gasteiger partial charge in [-0.2, -0.15) is 4.79 Å². The van der Waals surface area contributed by atoms with Gasteiger partial charge in [0.15, 0.2) is 0 Å². The van der Waals surface area contributed by atoms with Crippen LogP contribution in [0.5, 0.6) is 0 Å². The third-order valence-electron chi connectivity index (χ3n) is 2.41. The molecule has 0 aromatic heterocycles. The van der Waals surface area contributed by atoms with Gasteiger partial charge in [-0.3, -0.25) is 4.79 Å². The second-order valence-corrected chi connectivity index (χ2v) is 3.64. The zero-order valence-corrected chi connectivity index (χ0v) is 9.13. The van der Waals surface area contributed by atoms with Gasteiger partial charge < -0.3 is 10.8 Å². The maximum absolute atomic E-state index is 11.9. The van der Waals surface area contributed by atoms with E-state index in [1.807, 2.05) is 30.3 Å². The minimum absolute atomic E-state index is 0.179. The van der Waals surface area contributed by atoms with Gasteiger partial charge in [0.05, 0.1) is 6.42 Å². The predicted molar refractivity (Wildman–Crippen MR) is 65.5 cm³/mol. The third-order valence-corrected chi connectivity index (χ3v) is 2.41. The molecule has 0 fully saturated rings. The largest absolute Gasteiger partial charge is 0.361 e. The molecule has 17 heavy (non-hydrogen) atoms. The lowest BCUT2D eigenvalue weighted by Crippen LogP contribution is -2.18. The number of nitrogens with zero attached hydrogens (tertiary/aromatic N) is 2. The van der Waals surface area contributed by atoms with E-state index in [0.717, 1.165) is 5.69 Å². The van der Waals surface area contributed by atoms with Crippen LogP contribution in [-0.2, 0) is 4.79 Å². The van der Waals surface area contributed by atoms with Crippen LogP contribution in [0.3, 0.4) is 0 Å². The predicted octanol–water partition coefficient (Wildman–Crippen LogP) is 2.18. The van der Waals surface area contributed by atoms with Gasteiger partial charge in [-0.05, 0) is 12.1 Å². The Balaban J connectivity index is 2.09. The number of benzene rings is 1. The SMILES string of the molecule is [N-]=[N+]=C1C=CC=C(C(=O)Nc2ccccc2)C1. The highest BCUT2D eigenvalue weighted by molar-refractivity contribution is 6.09. The Morgan fingerprint density at radius 2 is 2.06 bits per heavy atom. The van der Waals surface area contributed by atoms with Gasteiger partial charge in [0, 0.05) is 17.3 Å². The standard InChI is InChI=1S/C13H11N3O/c14-16-12-8-4-5-10(9-12)13(17)15-11-6-2-1-3-7-11/h1-8H,9H2,(H,15,17). The van der Waals surface area contributed by atoms with Crippen molar-refractivity contribution in [1.29, 1.82) is 0 Å². The van der Waals surface area contributed by atoms with Gasteiger partial charge in [0.2, 0.25) is 0 Å². The maximum Gasteiger partial charge on any atom is 0.296 e. The van der Waals surface area contributed by atoms with Crippen molar-refractivity contribution in [2.24, 2.45) is 0 Å². The monoisotopic (exact) mass is 225 g/mol. The Morgan fingerprint density at radius 1 is 1.29 bits per heavy atom. The molecule has 1 N–H and O–H groups in total. The molecule has 1 amide bonds. The number of amides is 1. The van der Waals surface area contributed by atoms with Gasteiger partial charge in [-0.1, -0.05) is 30.4 Å². The lowest BCUT2D eigenvalue weighted by Gasteiger charge is -2.07. The van der Waals surface area contributed by atoms with Gasteiger partial charge in [0.1, 0.15) is 0 Å². The molecule has 0 bridgehead atoms. The zero-order chi connectivity index (χ0) is 12.1. The molecule has 4 nitrogen and oxygen atoms in total. The fourth-order valence-electron chi connectivity index (χ4n) is 1.55. The Labute approximate surface area is 98.9 Å². The first-order valence-electron chi connectivity index (χ1n) is 5.24. The summed E-state index contributed by atoms with van der Waals surface area (Å²) in [6.45, 7) is 0. The minimum Gasteiger partial charge on any atom is -0.361 e. The number of carbonyl (C=O) groups is 1. The average molecular weight is 225 g/mol. The average Bonchev–Trinajstić information content (AvgIpc) is 2.40. The molecule has 0 radical (unpaired) electrons. The Bertz CT molecular complexity index is 537. The highest BCUT2D eigenvalue weighted by Crippen LogP contribution is 2.13. The normalized spacial score (nSPS) is 13.9. The zero-order valence-electron chi connectivity index (χ0n) is 9.13. The van der Waals surface area contributed by atoms with Gasteiger partial charge in [0.25, 0.3) is 11.6 Å². The van der Waals surface area contributed by atoms with Crippen molar-refractivity contribution in [3.63, 3.8) is 0 Å². The number of carbonyl (C=O) groups excluding carboxylic acids is 1. The molecule has 0 atom stereocenters.